The van der Waals surface area contributed by atoms with Crippen LogP contribution in [0.3, 0.4) is 0 Å². The van der Waals surface area contributed by atoms with E-state index in [9.17, 15) is 14.7 Å². The Hall–Kier alpha value is -3.04. The second-order valence-electron chi connectivity index (χ2n) is 5.62. The van der Waals surface area contributed by atoms with Gasteiger partial charge >= 0.3 is 0 Å². The number of carbonyl (C=O) groups is 2. The fraction of sp³-hybridized carbons (Fsp3) is 0.105. The fourth-order valence-electron chi connectivity index (χ4n) is 2.47. The first-order chi connectivity index (χ1) is 13.4. The van der Waals surface area contributed by atoms with Crippen molar-refractivity contribution < 1.29 is 24.2 Å². The number of aromatic hydroxyl groups is 1. The predicted molar refractivity (Wildman–Crippen MR) is 110 cm³/mol. The van der Waals surface area contributed by atoms with Gasteiger partial charge in [0.25, 0.3) is 11.8 Å². The molecule has 2 amide bonds. The SMILES string of the molecule is COc1ccc(/C=C2\SC(=S)N(NC(=O)c3cccc(O)c3)C2=O)cc1OC. The zero-order valence-corrected chi connectivity index (χ0v) is 16.6. The maximum Gasteiger partial charge on any atom is 0.285 e. The van der Waals surface area contributed by atoms with Gasteiger partial charge in [0.15, 0.2) is 15.8 Å². The van der Waals surface area contributed by atoms with Crippen molar-refractivity contribution >= 4 is 46.2 Å². The van der Waals surface area contributed by atoms with Gasteiger partial charge in [0.2, 0.25) is 0 Å². The maximum atomic E-state index is 12.7. The summed E-state index contributed by atoms with van der Waals surface area (Å²) < 4.78 is 10.7. The summed E-state index contributed by atoms with van der Waals surface area (Å²) in [5.41, 5.74) is 3.39. The lowest BCUT2D eigenvalue weighted by atomic mass is 10.2. The summed E-state index contributed by atoms with van der Waals surface area (Å²) in [7, 11) is 3.07. The molecule has 1 aliphatic rings. The molecule has 9 heteroatoms. The number of hydrogen-bond donors (Lipinski definition) is 2. The van der Waals surface area contributed by atoms with E-state index in [2.05, 4.69) is 5.43 Å². The first-order valence-electron chi connectivity index (χ1n) is 8.03. The van der Waals surface area contributed by atoms with E-state index in [1.807, 2.05) is 0 Å². The summed E-state index contributed by atoms with van der Waals surface area (Å²) in [6.45, 7) is 0. The molecular weight excluding hydrogens is 400 g/mol. The van der Waals surface area contributed by atoms with Gasteiger partial charge in [0.1, 0.15) is 5.75 Å². The van der Waals surface area contributed by atoms with E-state index in [0.717, 1.165) is 22.3 Å². The number of ether oxygens (including phenoxy) is 2. The van der Waals surface area contributed by atoms with E-state index in [-0.39, 0.29) is 15.6 Å². The molecule has 0 atom stereocenters. The highest BCUT2D eigenvalue weighted by Crippen LogP contribution is 2.34. The summed E-state index contributed by atoms with van der Waals surface area (Å²) in [5, 5.41) is 10.5. The van der Waals surface area contributed by atoms with Crippen LogP contribution < -0.4 is 14.9 Å². The highest BCUT2D eigenvalue weighted by molar-refractivity contribution is 8.26. The molecule has 2 N–H and O–H groups in total. The van der Waals surface area contributed by atoms with Crippen molar-refractivity contribution in [2.75, 3.05) is 14.2 Å². The number of hydrazine groups is 1. The maximum absolute atomic E-state index is 12.7. The molecule has 0 saturated carbocycles. The Bertz CT molecular complexity index is 990. The first-order valence-corrected chi connectivity index (χ1v) is 9.25. The number of methoxy groups -OCH3 is 2. The molecule has 1 saturated heterocycles. The van der Waals surface area contributed by atoms with Crippen LogP contribution >= 0.6 is 24.0 Å². The third kappa shape index (κ3) is 4.10. The number of thioether (sulfide) groups is 1. The summed E-state index contributed by atoms with van der Waals surface area (Å²) in [5.74, 6) is 0.0544. The third-order valence-corrected chi connectivity index (χ3v) is 5.12. The minimum atomic E-state index is -0.556. The average molecular weight is 416 g/mol. The van der Waals surface area contributed by atoms with Crippen LogP contribution in [0.2, 0.25) is 0 Å². The molecule has 0 aromatic heterocycles. The van der Waals surface area contributed by atoms with Gasteiger partial charge in [-0.1, -0.05) is 23.9 Å². The van der Waals surface area contributed by atoms with Gasteiger partial charge in [-0.15, -0.1) is 0 Å². The van der Waals surface area contributed by atoms with Crippen LogP contribution in [0.4, 0.5) is 0 Å². The molecule has 0 aliphatic carbocycles. The molecule has 3 rings (SSSR count). The minimum Gasteiger partial charge on any atom is -0.508 e. The summed E-state index contributed by atoms with van der Waals surface area (Å²) in [4.78, 5) is 25.3. The molecule has 1 heterocycles. The zero-order chi connectivity index (χ0) is 20.3. The monoisotopic (exact) mass is 416 g/mol. The average Bonchev–Trinajstić information content (AvgIpc) is 2.95. The lowest BCUT2D eigenvalue weighted by Gasteiger charge is -2.15. The van der Waals surface area contributed by atoms with Gasteiger partial charge in [-0.25, -0.2) is 0 Å². The number of carbonyl (C=O) groups excluding carboxylic acids is 2. The Morgan fingerprint density at radius 2 is 1.93 bits per heavy atom. The van der Waals surface area contributed by atoms with Crippen LogP contribution in [0.25, 0.3) is 6.08 Å². The number of amides is 2. The molecule has 7 nitrogen and oxygen atoms in total. The van der Waals surface area contributed by atoms with Crippen molar-refractivity contribution in [2.45, 2.75) is 0 Å². The molecule has 144 valence electrons. The van der Waals surface area contributed by atoms with E-state index in [1.165, 1.54) is 38.5 Å². The Kier molecular flexibility index (Phi) is 5.86. The topological polar surface area (TPSA) is 88.1 Å². The van der Waals surface area contributed by atoms with Crippen LogP contribution in [0, 0.1) is 0 Å². The molecule has 2 aromatic rings. The van der Waals surface area contributed by atoms with Crippen molar-refractivity contribution in [3.8, 4) is 17.2 Å². The highest BCUT2D eigenvalue weighted by Gasteiger charge is 2.33. The second kappa shape index (κ2) is 8.32. The number of thiocarbonyl (C=S) groups is 1. The van der Waals surface area contributed by atoms with Crippen molar-refractivity contribution in [1.29, 1.82) is 0 Å². The van der Waals surface area contributed by atoms with Crippen LogP contribution in [-0.4, -0.2) is 40.5 Å². The largest absolute Gasteiger partial charge is 0.508 e. The number of nitrogens with one attached hydrogen (secondary N) is 1. The molecule has 0 bridgehead atoms. The van der Waals surface area contributed by atoms with Gasteiger partial charge < -0.3 is 14.6 Å². The van der Waals surface area contributed by atoms with Crippen LogP contribution in [0.5, 0.6) is 17.2 Å². The Morgan fingerprint density at radius 1 is 1.18 bits per heavy atom. The molecule has 0 radical (unpaired) electrons. The summed E-state index contributed by atoms with van der Waals surface area (Å²) >= 11 is 6.28. The Balaban J connectivity index is 1.79. The lowest BCUT2D eigenvalue weighted by Crippen LogP contribution is -2.44. The lowest BCUT2D eigenvalue weighted by molar-refractivity contribution is -0.123. The third-order valence-electron chi connectivity index (χ3n) is 3.82. The van der Waals surface area contributed by atoms with Gasteiger partial charge in [0.05, 0.1) is 19.1 Å². The van der Waals surface area contributed by atoms with Gasteiger partial charge in [-0.05, 0) is 54.2 Å². The van der Waals surface area contributed by atoms with Gasteiger partial charge in [0, 0.05) is 5.56 Å². The van der Waals surface area contributed by atoms with E-state index in [1.54, 1.807) is 24.3 Å². The molecule has 0 unspecified atom stereocenters. The number of phenolic OH excluding ortho intramolecular Hbond substituents is 1. The minimum absolute atomic E-state index is 0.0496. The quantitative estimate of drug-likeness (QED) is 0.572. The number of benzene rings is 2. The number of phenols is 1. The molecule has 0 spiro atoms. The number of nitrogens with zero attached hydrogens (tertiary/aromatic N) is 1. The van der Waals surface area contributed by atoms with Crippen LogP contribution in [0.1, 0.15) is 15.9 Å². The van der Waals surface area contributed by atoms with Crippen LogP contribution in [0.15, 0.2) is 47.4 Å². The van der Waals surface area contributed by atoms with E-state index in [4.69, 9.17) is 21.7 Å². The van der Waals surface area contributed by atoms with Crippen LogP contribution in [-0.2, 0) is 4.79 Å². The first kappa shape index (κ1) is 19.7. The molecule has 2 aromatic carbocycles. The molecular formula is C19H16N2O5S2. The standard InChI is InChI=1S/C19H16N2O5S2/c1-25-14-7-6-11(8-15(14)26-2)9-16-18(24)21(19(27)28-16)20-17(23)12-4-3-5-13(22)10-12/h3-10,22H,1-2H3,(H,20,23)/b16-9-. The number of hydrogen-bond acceptors (Lipinski definition) is 7. The predicted octanol–water partition coefficient (Wildman–Crippen LogP) is 2.96. The van der Waals surface area contributed by atoms with Crippen molar-refractivity contribution in [2.24, 2.45) is 0 Å². The second-order valence-corrected chi connectivity index (χ2v) is 7.30. The molecule has 28 heavy (non-hydrogen) atoms. The van der Waals surface area contributed by atoms with E-state index < -0.39 is 11.8 Å². The van der Waals surface area contributed by atoms with E-state index >= 15 is 0 Å². The normalized spacial score (nSPS) is 15.1. The summed E-state index contributed by atoms with van der Waals surface area (Å²) in [6, 6.07) is 11.0. The van der Waals surface area contributed by atoms with Gasteiger partial charge in [-0.2, -0.15) is 5.01 Å². The number of rotatable bonds is 5. The summed E-state index contributed by atoms with van der Waals surface area (Å²) in [6.07, 6.45) is 1.65. The zero-order valence-electron chi connectivity index (χ0n) is 15.0. The van der Waals surface area contributed by atoms with Gasteiger partial charge in [-0.3, -0.25) is 15.0 Å². The van der Waals surface area contributed by atoms with Crippen molar-refractivity contribution in [3.63, 3.8) is 0 Å². The van der Waals surface area contributed by atoms with Crippen molar-refractivity contribution in [1.82, 2.24) is 10.4 Å². The fourth-order valence-corrected chi connectivity index (χ4v) is 3.65. The van der Waals surface area contributed by atoms with E-state index in [0.29, 0.717) is 16.4 Å². The molecule has 1 fully saturated rings. The Morgan fingerprint density at radius 3 is 2.61 bits per heavy atom. The Labute approximate surface area is 170 Å². The molecule has 1 aliphatic heterocycles. The highest BCUT2D eigenvalue weighted by atomic mass is 32.2. The smallest absolute Gasteiger partial charge is 0.285 e. The van der Waals surface area contributed by atoms with Crippen molar-refractivity contribution in [3.05, 3.63) is 58.5 Å².